The van der Waals surface area contributed by atoms with Crippen LogP contribution in [0.15, 0.2) is 82.0 Å². The Morgan fingerprint density at radius 3 is 2.36 bits per heavy atom. The topological polar surface area (TPSA) is 209 Å². The van der Waals surface area contributed by atoms with E-state index in [1.807, 2.05) is 0 Å². The van der Waals surface area contributed by atoms with Crippen LogP contribution in [0, 0.1) is 0 Å². The Morgan fingerprint density at radius 2 is 1.74 bits per heavy atom. The number of nitrogens with two attached hydrogens (primary N) is 2. The zero-order valence-electron chi connectivity index (χ0n) is 24.5. The van der Waals surface area contributed by atoms with Crippen LogP contribution in [0.4, 0.5) is 18.9 Å². The van der Waals surface area contributed by atoms with Crippen molar-refractivity contribution >= 4 is 61.9 Å². The first-order chi connectivity index (χ1) is 22.2. The van der Waals surface area contributed by atoms with Crippen molar-refractivity contribution < 1.29 is 36.0 Å². The SMILES string of the molecule is NC(N)=NCCC[C@H](NC(=O)Cn1c(=O)c(NS(=O)(=O)Cc2ccccc2)cc2ccccc21)C(=O)c1nccs1.O=CC(F)(F)F. The second kappa shape index (κ2) is 16.5. The fraction of sp³-hybridized carbons (Fsp3) is 0.241. The number of hydrogen-bond acceptors (Lipinski definition) is 9. The first-order valence-electron chi connectivity index (χ1n) is 13.7. The van der Waals surface area contributed by atoms with E-state index in [1.165, 1.54) is 16.8 Å². The highest BCUT2D eigenvalue weighted by molar-refractivity contribution is 7.91. The van der Waals surface area contributed by atoms with Crippen LogP contribution in [0.25, 0.3) is 10.9 Å². The maximum Gasteiger partial charge on any atom is 0.446 e. The molecule has 18 heteroatoms. The third-order valence-corrected chi connectivity index (χ3v) is 8.18. The Kier molecular flexibility index (Phi) is 12.7. The predicted molar refractivity (Wildman–Crippen MR) is 171 cm³/mol. The van der Waals surface area contributed by atoms with Gasteiger partial charge in [0.05, 0.1) is 17.3 Å². The number of sulfonamides is 1. The molecular weight excluding hydrogens is 663 g/mol. The maximum atomic E-state index is 13.5. The number of pyridine rings is 1. The van der Waals surface area contributed by atoms with Crippen molar-refractivity contribution in [1.82, 2.24) is 14.9 Å². The second-order valence-corrected chi connectivity index (χ2v) is 12.4. The van der Waals surface area contributed by atoms with E-state index in [0.717, 1.165) is 11.3 Å². The number of aromatic nitrogens is 2. The van der Waals surface area contributed by atoms with E-state index in [4.69, 9.17) is 16.3 Å². The van der Waals surface area contributed by atoms with E-state index < -0.39 is 46.5 Å². The fourth-order valence-electron chi connectivity index (χ4n) is 4.20. The molecule has 250 valence electrons. The zero-order valence-corrected chi connectivity index (χ0v) is 26.1. The molecule has 4 rings (SSSR count). The molecular formula is C29H30F3N7O6S2. The molecule has 1 atom stereocenters. The third kappa shape index (κ3) is 11.6. The Bertz CT molecular complexity index is 1880. The third-order valence-electron chi connectivity index (χ3n) is 6.14. The number of hydrogen-bond donors (Lipinski definition) is 4. The Morgan fingerprint density at radius 1 is 1.09 bits per heavy atom. The molecule has 13 nitrogen and oxygen atoms in total. The number of aldehydes is 1. The van der Waals surface area contributed by atoms with Crippen molar-refractivity contribution in [2.75, 3.05) is 11.3 Å². The summed E-state index contributed by atoms with van der Waals surface area (Å²) in [5.41, 5.74) is 10.8. The lowest BCUT2D eigenvalue weighted by atomic mass is 10.1. The van der Waals surface area contributed by atoms with Crippen LogP contribution in [0.1, 0.15) is 28.2 Å². The summed E-state index contributed by atoms with van der Waals surface area (Å²) in [6, 6.07) is 15.9. The minimum absolute atomic E-state index is 0.0811. The van der Waals surface area contributed by atoms with E-state index in [1.54, 1.807) is 60.0 Å². The van der Waals surface area contributed by atoms with E-state index in [2.05, 4.69) is 20.0 Å². The maximum absolute atomic E-state index is 13.5. The van der Waals surface area contributed by atoms with Crippen LogP contribution >= 0.6 is 11.3 Å². The summed E-state index contributed by atoms with van der Waals surface area (Å²) < 4.78 is 60.6. The van der Waals surface area contributed by atoms with Crippen molar-refractivity contribution in [1.29, 1.82) is 0 Å². The van der Waals surface area contributed by atoms with Crippen LogP contribution in [0.5, 0.6) is 0 Å². The molecule has 0 aliphatic rings. The van der Waals surface area contributed by atoms with Gasteiger partial charge in [-0.25, -0.2) is 13.4 Å². The van der Waals surface area contributed by atoms with Crippen LogP contribution in [-0.4, -0.2) is 60.7 Å². The number of benzene rings is 2. The highest BCUT2D eigenvalue weighted by Gasteiger charge is 2.26. The molecule has 4 aromatic rings. The summed E-state index contributed by atoms with van der Waals surface area (Å²) in [5, 5.41) is 5.13. The summed E-state index contributed by atoms with van der Waals surface area (Å²) in [4.78, 5) is 56.4. The monoisotopic (exact) mass is 693 g/mol. The van der Waals surface area contributed by atoms with Gasteiger partial charge in [0, 0.05) is 23.5 Å². The number of rotatable bonds is 13. The van der Waals surface area contributed by atoms with Gasteiger partial charge in [0.15, 0.2) is 11.0 Å². The van der Waals surface area contributed by atoms with E-state index in [9.17, 15) is 36.0 Å². The number of Topliss-reactive ketones (excluding diaryl/α,β-unsaturated/α-hetero) is 1. The van der Waals surface area contributed by atoms with E-state index in [-0.39, 0.29) is 41.2 Å². The van der Waals surface area contributed by atoms with Gasteiger partial charge in [0.2, 0.25) is 28.0 Å². The first-order valence-corrected chi connectivity index (χ1v) is 16.2. The number of carbonyl (C=O) groups excluding carboxylic acids is 3. The smallest absolute Gasteiger partial charge is 0.370 e. The van der Waals surface area contributed by atoms with Crippen molar-refractivity contribution in [3.63, 3.8) is 0 Å². The number of para-hydroxylation sites is 1. The first kappa shape index (κ1) is 36.4. The summed E-state index contributed by atoms with van der Waals surface area (Å²) in [5.74, 6) is -1.40. The van der Waals surface area contributed by atoms with Gasteiger partial charge in [0.1, 0.15) is 12.2 Å². The van der Waals surface area contributed by atoms with Gasteiger partial charge in [-0.1, -0.05) is 48.5 Å². The van der Waals surface area contributed by atoms with Gasteiger partial charge < -0.3 is 16.8 Å². The van der Waals surface area contributed by atoms with Gasteiger partial charge >= 0.3 is 6.18 Å². The van der Waals surface area contributed by atoms with Gasteiger partial charge in [-0.3, -0.25) is 33.5 Å². The predicted octanol–water partition coefficient (Wildman–Crippen LogP) is 2.57. The molecule has 0 aliphatic carbocycles. The summed E-state index contributed by atoms with van der Waals surface area (Å²) in [6.45, 7) is -0.196. The highest BCUT2D eigenvalue weighted by Crippen LogP contribution is 2.18. The highest BCUT2D eigenvalue weighted by atomic mass is 32.2. The molecule has 0 aliphatic heterocycles. The molecule has 0 fully saturated rings. The van der Waals surface area contributed by atoms with Crippen LogP contribution in [-0.2, 0) is 31.9 Å². The molecule has 0 saturated heterocycles. The Labute approximate surface area is 270 Å². The quantitative estimate of drug-likeness (QED) is 0.0533. The molecule has 0 radical (unpaired) electrons. The van der Waals surface area contributed by atoms with Gasteiger partial charge in [-0.2, -0.15) is 13.2 Å². The Hall–Kier alpha value is -5.10. The van der Waals surface area contributed by atoms with Crippen molar-refractivity contribution in [2.24, 2.45) is 16.5 Å². The lowest BCUT2D eigenvalue weighted by molar-refractivity contribution is -0.156. The molecule has 1 amide bonds. The molecule has 0 spiro atoms. The van der Waals surface area contributed by atoms with E-state index >= 15 is 0 Å². The molecule has 6 N–H and O–H groups in total. The average Bonchev–Trinajstić information content (AvgIpc) is 3.56. The largest absolute Gasteiger partial charge is 0.446 e. The number of anilines is 1. The number of aliphatic imine (C=N–C) groups is 1. The normalized spacial score (nSPS) is 11.9. The molecule has 2 aromatic carbocycles. The number of alkyl halides is 3. The second-order valence-electron chi connectivity index (χ2n) is 9.78. The summed E-state index contributed by atoms with van der Waals surface area (Å²) in [6.07, 6.45) is -3.57. The van der Waals surface area contributed by atoms with Crippen molar-refractivity contribution in [3.05, 3.63) is 93.2 Å². The number of fused-ring (bicyclic) bond motifs is 1. The summed E-state index contributed by atoms with van der Waals surface area (Å²) in [7, 11) is -3.94. The Balaban J connectivity index is 0.000000913. The number of nitrogens with zero attached hydrogens (tertiary/aromatic N) is 3. The van der Waals surface area contributed by atoms with Crippen molar-refractivity contribution in [2.45, 2.75) is 37.4 Å². The molecule has 0 unspecified atom stereocenters. The fourth-order valence-corrected chi connectivity index (χ4v) is 6.02. The van der Waals surface area contributed by atoms with Crippen LogP contribution in [0.2, 0.25) is 0 Å². The van der Waals surface area contributed by atoms with Crippen LogP contribution in [0.3, 0.4) is 0 Å². The number of thiazole rings is 1. The van der Waals surface area contributed by atoms with Crippen molar-refractivity contribution in [3.8, 4) is 0 Å². The number of amides is 1. The number of carbonyl (C=O) groups is 3. The average molecular weight is 694 g/mol. The van der Waals surface area contributed by atoms with Gasteiger partial charge in [0.25, 0.3) is 5.56 Å². The number of nitrogens with one attached hydrogen (secondary N) is 2. The zero-order chi connectivity index (χ0) is 34.6. The molecule has 0 saturated carbocycles. The van der Waals surface area contributed by atoms with Crippen LogP contribution < -0.4 is 27.1 Å². The number of ketones is 1. The van der Waals surface area contributed by atoms with Gasteiger partial charge in [-0.05, 0) is 30.5 Å². The molecule has 0 bridgehead atoms. The lowest BCUT2D eigenvalue weighted by Gasteiger charge is -2.18. The molecule has 2 heterocycles. The van der Waals surface area contributed by atoms with E-state index in [0.29, 0.717) is 22.9 Å². The number of guanidine groups is 1. The van der Waals surface area contributed by atoms with Gasteiger partial charge in [-0.15, -0.1) is 11.3 Å². The summed E-state index contributed by atoms with van der Waals surface area (Å²) >= 11 is 1.15. The number of halogens is 3. The lowest BCUT2D eigenvalue weighted by Crippen LogP contribution is -2.43. The molecule has 47 heavy (non-hydrogen) atoms. The standard InChI is InChI=1S/C27H29N7O5S2.C2HF3O/c28-27(29)31-12-6-10-20(24(36)25-30-13-14-40-25)32-23(35)16-34-22-11-5-4-9-19(22)15-21(26(34)37)33-41(38,39)17-18-7-2-1-3-8-18;3-2(4,5)1-6/h1-5,7-9,11,13-15,20,33H,6,10,12,16-17H2,(H,32,35)(H4,28,29,31);1H/t20-;/m0./s1. The molecule has 2 aromatic heterocycles. The minimum Gasteiger partial charge on any atom is -0.370 e. The minimum atomic E-state index is -4.64.